The summed E-state index contributed by atoms with van der Waals surface area (Å²) < 4.78 is 0. The van der Waals surface area contributed by atoms with Crippen LogP contribution in [0.5, 0.6) is 0 Å². The van der Waals surface area contributed by atoms with Crippen molar-refractivity contribution in [3.8, 4) is 0 Å². The third kappa shape index (κ3) is 2.99. The molecule has 0 spiro atoms. The maximum absolute atomic E-state index is 10.8. The molecule has 0 aliphatic rings. The monoisotopic (exact) mass is 221 g/mol. The average molecular weight is 221 g/mol. The zero-order valence-electron chi connectivity index (χ0n) is 10.0. The first-order valence-corrected chi connectivity index (χ1v) is 5.64. The quantitative estimate of drug-likeness (QED) is 0.803. The van der Waals surface area contributed by atoms with Gasteiger partial charge in [0.2, 0.25) is 0 Å². The maximum Gasteiger partial charge on any atom is 0.325 e. The number of carboxylic acid groups (broad SMARTS) is 1. The van der Waals surface area contributed by atoms with Gasteiger partial charge < -0.3 is 10.4 Å². The van der Waals surface area contributed by atoms with Crippen LogP contribution in [0.15, 0.2) is 24.3 Å². The molecule has 0 radical (unpaired) electrons. The van der Waals surface area contributed by atoms with E-state index < -0.39 is 12.0 Å². The fraction of sp³-hybridized carbons (Fsp3) is 0.462. The molecular weight excluding hydrogens is 202 g/mol. The smallest absolute Gasteiger partial charge is 0.325 e. The SMILES string of the molecule is CCC(C)c1ccccc1N[C@@H](C)C(=O)O. The molecule has 0 heterocycles. The van der Waals surface area contributed by atoms with Crippen molar-refractivity contribution in [1.82, 2.24) is 0 Å². The van der Waals surface area contributed by atoms with E-state index in [0.717, 1.165) is 12.1 Å². The van der Waals surface area contributed by atoms with Crippen molar-refractivity contribution in [3.05, 3.63) is 29.8 Å². The first-order chi connectivity index (χ1) is 7.56. The molecule has 1 aromatic carbocycles. The summed E-state index contributed by atoms with van der Waals surface area (Å²) in [6.45, 7) is 5.92. The van der Waals surface area contributed by atoms with Crippen molar-refractivity contribution in [3.63, 3.8) is 0 Å². The van der Waals surface area contributed by atoms with Crippen molar-refractivity contribution >= 4 is 11.7 Å². The van der Waals surface area contributed by atoms with Crippen LogP contribution in [0.3, 0.4) is 0 Å². The van der Waals surface area contributed by atoms with Crippen molar-refractivity contribution in [1.29, 1.82) is 0 Å². The summed E-state index contributed by atoms with van der Waals surface area (Å²) in [5.41, 5.74) is 2.10. The third-order valence-electron chi connectivity index (χ3n) is 2.85. The number of hydrogen-bond acceptors (Lipinski definition) is 2. The number of benzene rings is 1. The minimum Gasteiger partial charge on any atom is -0.480 e. The predicted molar refractivity (Wildman–Crippen MR) is 65.9 cm³/mol. The standard InChI is InChI=1S/C13H19NO2/c1-4-9(2)11-7-5-6-8-12(11)14-10(3)13(15)16/h5-10,14H,4H2,1-3H3,(H,15,16)/t9?,10-/m0/s1. The van der Waals surface area contributed by atoms with E-state index in [4.69, 9.17) is 5.11 Å². The molecule has 1 rings (SSSR count). The Morgan fingerprint density at radius 1 is 1.38 bits per heavy atom. The van der Waals surface area contributed by atoms with E-state index in [2.05, 4.69) is 19.2 Å². The number of anilines is 1. The van der Waals surface area contributed by atoms with Crippen LogP contribution in [0.25, 0.3) is 0 Å². The highest BCUT2D eigenvalue weighted by molar-refractivity contribution is 5.77. The summed E-state index contributed by atoms with van der Waals surface area (Å²) in [6, 6.07) is 7.32. The highest BCUT2D eigenvalue weighted by Crippen LogP contribution is 2.26. The lowest BCUT2D eigenvalue weighted by Gasteiger charge is -2.18. The van der Waals surface area contributed by atoms with Crippen LogP contribution < -0.4 is 5.32 Å². The molecule has 2 N–H and O–H groups in total. The second-order valence-electron chi connectivity index (χ2n) is 4.10. The fourth-order valence-electron chi connectivity index (χ4n) is 1.57. The molecular formula is C13H19NO2. The van der Waals surface area contributed by atoms with E-state index in [1.165, 1.54) is 5.56 Å². The number of carbonyl (C=O) groups is 1. The van der Waals surface area contributed by atoms with Crippen LogP contribution in [0.2, 0.25) is 0 Å². The number of rotatable bonds is 5. The number of aliphatic carboxylic acids is 1. The third-order valence-corrected chi connectivity index (χ3v) is 2.85. The van der Waals surface area contributed by atoms with Gasteiger partial charge >= 0.3 is 5.97 Å². The second kappa shape index (κ2) is 5.54. The molecule has 1 unspecified atom stereocenters. The summed E-state index contributed by atoms with van der Waals surface area (Å²) >= 11 is 0. The second-order valence-corrected chi connectivity index (χ2v) is 4.10. The summed E-state index contributed by atoms with van der Waals surface area (Å²) in [5.74, 6) is -0.399. The van der Waals surface area contributed by atoms with Crippen molar-refractivity contribution in [2.24, 2.45) is 0 Å². The van der Waals surface area contributed by atoms with Crippen LogP contribution in [-0.2, 0) is 4.79 Å². The molecule has 0 aliphatic heterocycles. The molecule has 0 saturated carbocycles. The van der Waals surface area contributed by atoms with Crippen LogP contribution in [0.1, 0.15) is 38.7 Å². The Morgan fingerprint density at radius 2 is 2.00 bits per heavy atom. The van der Waals surface area contributed by atoms with Gasteiger partial charge in [0.1, 0.15) is 6.04 Å². The Kier molecular flexibility index (Phi) is 4.35. The average Bonchev–Trinajstić information content (AvgIpc) is 2.28. The summed E-state index contributed by atoms with van der Waals surface area (Å²) in [5, 5.41) is 11.9. The van der Waals surface area contributed by atoms with E-state index in [9.17, 15) is 4.79 Å². The van der Waals surface area contributed by atoms with Gasteiger partial charge in [0.25, 0.3) is 0 Å². The number of carboxylic acids is 1. The fourth-order valence-corrected chi connectivity index (χ4v) is 1.57. The molecule has 1 aromatic rings. The molecule has 2 atom stereocenters. The van der Waals surface area contributed by atoms with Crippen LogP contribution in [0, 0.1) is 0 Å². The molecule has 3 heteroatoms. The van der Waals surface area contributed by atoms with Gasteiger partial charge in [-0.1, -0.05) is 32.0 Å². The van der Waals surface area contributed by atoms with Gasteiger partial charge in [0.05, 0.1) is 0 Å². The molecule has 3 nitrogen and oxygen atoms in total. The lowest BCUT2D eigenvalue weighted by Crippen LogP contribution is -2.26. The molecule has 0 fully saturated rings. The number of nitrogens with one attached hydrogen (secondary N) is 1. The Labute approximate surface area is 96.5 Å². The van der Waals surface area contributed by atoms with Crippen LogP contribution in [0.4, 0.5) is 5.69 Å². The molecule has 0 amide bonds. The van der Waals surface area contributed by atoms with Gasteiger partial charge in [0.15, 0.2) is 0 Å². The van der Waals surface area contributed by atoms with E-state index in [0.29, 0.717) is 5.92 Å². The largest absolute Gasteiger partial charge is 0.480 e. The van der Waals surface area contributed by atoms with Crippen molar-refractivity contribution in [2.45, 2.75) is 39.2 Å². The van der Waals surface area contributed by atoms with Gasteiger partial charge in [-0.25, -0.2) is 0 Å². The molecule has 0 aromatic heterocycles. The summed E-state index contributed by atoms with van der Waals surface area (Å²) in [7, 11) is 0. The van der Waals surface area contributed by atoms with Crippen LogP contribution in [-0.4, -0.2) is 17.1 Å². The predicted octanol–water partition coefficient (Wildman–Crippen LogP) is 3.09. The Balaban J connectivity index is 2.90. The maximum atomic E-state index is 10.8. The highest BCUT2D eigenvalue weighted by atomic mass is 16.4. The molecule has 0 aliphatic carbocycles. The van der Waals surface area contributed by atoms with Gasteiger partial charge in [-0.15, -0.1) is 0 Å². The lowest BCUT2D eigenvalue weighted by atomic mass is 9.96. The first-order valence-electron chi connectivity index (χ1n) is 5.64. The van der Waals surface area contributed by atoms with Crippen LogP contribution >= 0.6 is 0 Å². The Morgan fingerprint density at radius 3 is 2.56 bits per heavy atom. The van der Waals surface area contributed by atoms with Gasteiger partial charge in [-0.05, 0) is 30.9 Å². The molecule has 0 saturated heterocycles. The number of para-hydroxylation sites is 1. The van der Waals surface area contributed by atoms with Gasteiger partial charge in [-0.2, -0.15) is 0 Å². The van der Waals surface area contributed by atoms with E-state index in [1.54, 1.807) is 6.92 Å². The van der Waals surface area contributed by atoms with Crippen molar-refractivity contribution in [2.75, 3.05) is 5.32 Å². The highest BCUT2D eigenvalue weighted by Gasteiger charge is 2.14. The Hall–Kier alpha value is -1.51. The summed E-state index contributed by atoms with van der Waals surface area (Å²) in [4.78, 5) is 10.8. The number of hydrogen-bond donors (Lipinski definition) is 2. The summed E-state index contributed by atoms with van der Waals surface area (Å²) in [6.07, 6.45) is 1.04. The van der Waals surface area contributed by atoms with E-state index >= 15 is 0 Å². The van der Waals surface area contributed by atoms with E-state index in [1.807, 2.05) is 24.3 Å². The first kappa shape index (κ1) is 12.6. The molecule has 88 valence electrons. The minimum atomic E-state index is -0.834. The zero-order chi connectivity index (χ0) is 12.1. The van der Waals surface area contributed by atoms with Gasteiger partial charge in [0, 0.05) is 5.69 Å². The zero-order valence-corrected chi connectivity index (χ0v) is 10.0. The normalized spacial score (nSPS) is 14.2. The Bertz CT molecular complexity index is 363. The van der Waals surface area contributed by atoms with Crippen molar-refractivity contribution < 1.29 is 9.90 Å². The van der Waals surface area contributed by atoms with Gasteiger partial charge in [-0.3, -0.25) is 4.79 Å². The molecule has 0 bridgehead atoms. The topological polar surface area (TPSA) is 49.3 Å². The lowest BCUT2D eigenvalue weighted by molar-refractivity contribution is -0.137. The van der Waals surface area contributed by atoms with E-state index in [-0.39, 0.29) is 0 Å². The minimum absolute atomic E-state index is 0.435. The molecule has 16 heavy (non-hydrogen) atoms.